The molecule has 0 aliphatic rings. The predicted octanol–water partition coefficient (Wildman–Crippen LogP) is 4.18. The van der Waals surface area contributed by atoms with Crippen molar-refractivity contribution in [3.05, 3.63) is 22.4 Å². The van der Waals surface area contributed by atoms with Crippen molar-refractivity contribution in [3.63, 3.8) is 0 Å². The van der Waals surface area contributed by atoms with Crippen molar-refractivity contribution in [1.29, 1.82) is 0 Å². The lowest BCUT2D eigenvalue weighted by atomic mass is 10.2. The Labute approximate surface area is 132 Å². The Hall–Kier alpha value is -1.77. The molecule has 2 aromatic rings. The van der Waals surface area contributed by atoms with Crippen LogP contribution in [0.25, 0.3) is 10.9 Å². The number of hydrogen-bond donors (Lipinski definition) is 0. The average molecular weight is 381 g/mol. The molecule has 0 saturated carbocycles. The number of fused-ring (bicyclic) bond motifs is 1. The van der Waals surface area contributed by atoms with E-state index in [9.17, 15) is 18.0 Å². The van der Waals surface area contributed by atoms with Gasteiger partial charge < -0.3 is 9.47 Å². The van der Waals surface area contributed by atoms with E-state index in [1.54, 1.807) is 0 Å². The van der Waals surface area contributed by atoms with Gasteiger partial charge in [0.2, 0.25) is 5.88 Å². The molecule has 5 nitrogen and oxygen atoms in total. The van der Waals surface area contributed by atoms with E-state index in [0.717, 1.165) is 6.07 Å². The summed E-state index contributed by atoms with van der Waals surface area (Å²) in [5, 5.41) is 3.27. The van der Waals surface area contributed by atoms with Crippen LogP contribution in [0, 0.1) is 11.7 Å². The lowest BCUT2D eigenvalue weighted by molar-refractivity contribution is -0.0523. The van der Waals surface area contributed by atoms with Crippen molar-refractivity contribution in [3.8, 4) is 5.88 Å². The molecule has 0 aliphatic carbocycles. The zero-order valence-corrected chi connectivity index (χ0v) is 13.2. The number of aromatic nitrogens is 2. The largest absolute Gasteiger partial charge is 0.448 e. The summed E-state index contributed by atoms with van der Waals surface area (Å²) in [6, 6.07) is 2.42. The van der Waals surface area contributed by atoms with E-state index < -0.39 is 24.4 Å². The smallest absolute Gasteiger partial charge is 0.435 e. The molecule has 0 saturated heterocycles. The van der Waals surface area contributed by atoms with Gasteiger partial charge in [-0.15, -0.1) is 5.10 Å². The van der Waals surface area contributed by atoms with Gasteiger partial charge in [-0.2, -0.15) is 13.5 Å². The molecule has 22 heavy (non-hydrogen) atoms. The normalized spacial score (nSPS) is 11.5. The number of alkyl halides is 2. The lowest BCUT2D eigenvalue weighted by Crippen LogP contribution is -2.18. The summed E-state index contributed by atoms with van der Waals surface area (Å²) in [4.78, 5) is 12.0. The molecule has 9 heteroatoms. The molecule has 0 fully saturated rings. The minimum atomic E-state index is -3.19. The highest BCUT2D eigenvalue weighted by atomic mass is 79.9. The highest BCUT2D eigenvalue weighted by molar-refractivity contribution is 9.10. The average Bonchev–Trinajstić information content (AvgIpc) is 2.73. The molecule has 2 rings (SSSR count). The fourth-order valence-electron chi connectivity index (χ4n) is 1.74. The Morgan fingerprint density at radius 1 is 1.41 bits per heavy atom. The highest BCUT2D eigenvalue weighted by Gasteiger charge is 2.23. The molecule has 120 valence electrons. The number of carbonyl (C=O) groups excluding carboxylic acids is 1. The Morgan fingerprint density at radius 2 is 2.09 bits per heavy atom. The Bertz CT molecular complexity index is 703. The second-order valence-electron chi connectivity index (χ2n) is 4.85. The first-order chi connectivity index (χ1) is 10.3. The standard InChI is InChI=1S/C13H12BrF3N2O3/c1-6(2)5-21-13(20)19-9-4-7(14)3-8(15)10(9)11(18-19)22-12(16)17/h3-4,6,12H,5H2,1-2H3. The molecule has 0 spiro atoms. The lowest BCUT2D eigenvalue weighted by Gasteiger charge is -2.07. The minimum Gasteiger partial charge on any atom is -0.448 e. The van der Waals surface area contributed by atoms with E-state index >= 15 is 0 Å². The first-order valence-electron chi connectivity index (χ1n) is 6.29. The molecule has 0 aliphatic heterocycles. The molecule has 0 N–H and O–H groups in total. The second-order valence-corrected chi connectivity index (χ2v) is 5.76. The zero-order chi connectivity index (χ0) is 16.4. The van der Waals surface area contributed by atoms with E-state index in [2.05, 4.69) is 25.8 Å². The number of hydrogen-bond acceptors (Lipinski definition) is 4. The van der Waals surface area contributed by atoms with Crippen LogP contribution in [-0.4, -0.2) is 29.1 Å². The van der Waals surface area contributed by atoms with Crippen molar-refractivity contribution in [2.45, 2.75) is 20.5 Å². The Kier molecular flexibility index (Phi) is 4.94. The van der Waals surface area contributed by atoms with E-state index in [4.69, 9.17) is 4.74 Å². The molecule has 0 bridgehead atoms. The number of halogens is 4. The summed E-state index contributed by atoms with van der Waals surface area (Å²) < 4.78 is 49.0. The second kappa shape index (κ2) is 6.55. The molecule has 1 aromatic carbocycles. The van der Waals surface area contributed by atoms with E-state index in [1.807, 2.05) is 13.8 Å². The first-order valence-corrected chi connectivity index (χ1v) is 7.08. The van der Waals surface area contributed by atoms with Crippen LogP contribution in [0.15, 0.2) is 16.6 Å². The number of benzene rings is 1. The molecule has 0 radical (unpaired) electrons. The van der Waals surface area contributed by atoms with Crippen LogP contribution in [0.2, 0.25) is 0 Å². The van der Waals surface area contributed by atoms with Gasteiger partial charge in [-0.3, -0.25) is 0 Å². The summed E-state index contributed by atoms with van der Waals surface area (Å²) in [6.07, 6.45) is -0.902. The molecule has 1 aromatic heterocycles. The van der Waals surface area contributed by atoms with Crippen molar-refractivity contribution in [2.24, 2.45) is 5.92 Å². The third-order valence-corrected chi connectivity index (χ3v) is 3.04. The van der Waals surface area contributed by atoms with Crippen LogP contribution >= 0.6 is 15.9 Å². The predicted molar refractivity (Wildman–Crippen MR) is 75.6 cm³/mol. The van der Waals surface area contributed by atoms with Crippen LogP contribution in [0.5, 0.6) is 5.88 Å². The fourth-order valence-corrected chi connectivity index (χ4v) is 2.16. The van der Waals surface area contributed by atoms with Crippen LogP contribution < -0.4 is 4.74 Å². The summed E-state index contributed by atoms with van der Waals surface area (Å²) in [6.45, 7) is 0.578. The van der Waals surface area contributed by atoms with Gasteiger partial charge in [-0.25, -0.2) is 9.18 Å². The topological polar surface area (TPSA) is 53.4 Å². The Morgan fingerprint density at radius 3 is 2.68 bits per heavy atom. The maximum Gasteiger partial charge on any atom is 0.435 e. The number of rotatable bonds is 4. The van der Waals surface area contributed by atoms with Gasteiger partial charge in [0, 0.05) is 4.47 Å². The van der Waals surface area contributed by atoms with Crippen molar-refractivity contribution in [1.82, 2.24) is 9.78 Å². The number of nitrogens with zero attached hydrogens (tertiary/aromatic N) is 2. The summed E-state index contributed by atoms with van der Waals surface area (Å²) in [7, 11) is 0. The van der Waals surface area contributed by atoms with Crippen LogP contribution in [0.1, 0.15) is 13.8 Å². The first kappa shape index (κ1) is 16.6. The molecule has 0 atom stereocenters. The van der Waals surface area contributed by atoms with Gasteiger partial charge >= 0.3 is 12.7 Å². The van der Waals surface area contributed by atoms with Gasteiger partial charge in [0.05, 0.1) is 12.1 Å². The van der Waals surface area contributed by atoms with Crippen molar-refractivity contribution in [2.75, 3.05) is 6.61 Å². The monoisotopic (exact) mass is 380 g/mol. The van der Waals surface area contributed by atoms with Crippen LogP contribution in [-0.2, 0) is 4.74 Å². The molecule has 0 amide bonds. The number of carbonyl (C=O) groups is 1. The molecule has 0 unspecified atom stereocenters. The van der Waals surface area contributed by atoms with Crippen molar-refractivity contribution < 1.29 is 27.4 Å². The maximum atomic E-state index is 14.0. The van der Waals surface area contributed by atoms with E-state index in [-0.39, 0.29) is 23.4 Å². The zero-order valence-electron chi connectivity index (χ0n) is 11.6. The van der Waals surface area contributed by atoms with Gasteiger partial charge in [0.15, 0.2) is 0 Å². The fraction of sp³-hybridized carbons (Fsp3) is 0.385. The summed E-state index contributed by atoms with van der Waals surface area (Å²) in [5.41, 5.74) is -0.0312. The van der Waals surface area contributed by atoms with Gasteiger partial charge in [0.1, 0.15) is 11.2 Å². The maximum absolute atomic E-state index is 14.0. The molecular formula is C13H12BrF3N2O3. The van der Waals surface area contributed by atoms with Gasteiger partial charge in [-0.1, -0.05) is 29.8 Å². The van der Waals surface area contributed by atoms with Gasteiger partial charge in [0.25, 0.3) is 0 Å². The van der Waals surface area contributed by atoms with Gasteiger partial charge in [-0.05, 0) is 18.1 Å². The Balaban J connectivity index is 2.51. The summed E-state index contributed by atoms with van der Waals surface area (Å²) >= 11 is 3.07. The summed E-state index contributed by atoms with van der Waals surface area (Å²) in [5.74, 6) is -1.44. The highest BCUT2D eigenvalue weighted by Crippen LogP contribution is 2.31. The minimum absolute atomic E-state index is 0.0312. The molecule has 1 heterocycles. The quantitative estimate of drug-likeness (QED) is 0.798. The third kappa shape index (κ3) is 3.52. The van der Waals surface area contributed by atoms with E-state index in [0.29, 0.717) is 9.15 Å². The van der Waals surface area contributed by atoms with Crippen molar-refractivity contribution >= 4 is 32.9 Å². The molecular weight excluding hydrogens is 369 g/mol. The SMILES string of the molecule is CC(C)COC(=O)n1nc(OC(F)F)c2c(F)cc(Br)cc21. The van der Waals surface area contributed by atoms with E-state index in [1.165, 1.54) is 6.07 Å². The van der Waals surface area contributed by atoms with Crippen LogP contribution in [0.3, 0.4) is 0 Å². The number of ether oxygens (including phenoxy) is 2. The van der Waals surface area contributed by atoms with Crippen LogP contribution in [0.4, 0.5) is 18.0 Å². The third-order valence-electron chi connectivity index (χ3n) is 2.58.